The van der Waals surface area contributed by atoms with E-state index >= 15 is 0 Å². The molecule has 0 rings (SSSR count). The molecule has 16 N–H and O–H groups in total. The number of rotatable bonds is 2. The first kappa shape index (κ1) is 39.7. The third kappa shape index (κ3) is 48.4. The molecule has 0 spiro atoms. The van der Waals surface area contributed by atoms with Gasteiger partial charge in [-0.1, -0.05) is 0 Å². The molecule has 0 bridgehead atoms. The van der Waals surface area contributed by atoms with Crippen LogP contribution in [-0.4, -0.2) is 12.1 Å². The van der Waals surface area contributed by atoms with Crippen LogP contribution in [0.3, 0.4) is 0 Å². The molecule has 2 atom stereocenters. The molecule has 0 radical (unpaired) electrons. The topological polar surface area (TPSA) is 192 Å². The maximum Gasteiger partial charge on any atom is 3.00 e. The third-order valence-electron chi connectivity index (χ3n) is 0.744. The molecular formula is C5H26CoN6+3. The van der Waals surface area contributed by atoms with Gasteiger partial charge in [0.2, 0.25) is 0 Å². The molecule has 82 valence electrons. The Morgan fingerprint density at radius 2 is 1.00 bits per heavy atom. The molecule has 12 heavy (non-hydrogen) atoms. The molecule has 0 aromatic carbocycles. The summed E-state index contributed by atoms with van der Waals surface area (Å²) in [6, 6.07) is 0.500. The fourth-order valence-corrected chi connectivity index (χ4v) is 0.586. The Balaban J connectivity index is -0.0000000180. The summed E-state index contributed by atoms with van der Waals surface area (Å²) in [5.41, 5.74) is 10.8. The molecule has 0 aliphatic rings. The molecule has 0 aliphatic carbocycles. The summed E-state index contributed by atoms with van der Waals surface area (Å²) in [5, 5.41) is 0. The van der Waals surface area contributed by atoms with Crippen molar-refractivity contribution >= 4 is 0 Å². The van der Waals surface area contributed by atoms with Gasteiger partial charge in [0, 0.05) is 12.1 Å². The van der Waals surface area contributed by atoms with Crippen molar-refractivity contribution in [1.82, 2.24) is 24.6 Å². The predicted molar refractivity (Wildman–Crippen MR) is 52.0 cm³/mol. The van der Waals surface area contributed by atoms with Crippen LogP contribution in [0.5, 0.6) is 0 Å². The van der Waals surface area contributed by atoms with E-state index in [1.807, 2.05) is 13.8 Å². The van der Waals surface area contributed by atoms with Crippen molar-refractivity contribution in [3.63, 3.8) is 0 Å². The molecule has 0 heterocycles. The van der Waals surface area contributed by atoms with Crippen LogP contribution in [0.25, 0.3) is 0 Å². The molecule has 2 unspecified atom stereocenters. The first-order valence-corrected chi connectivity index (χ1v) is 2.64. The van der Waals surface area contributed by atoms with E-state index in [2.05, 4.69) is 0 Å². The van der Waals surface area contributed by atoms with Gasteiger partial charge in [0.1, 0.15) is 0 Å². The molecule has 0 amide bonds. The van der Waals surface area contributed by atoms with E-state index in [1.54, 1.807) is 0 Å². The second kappa shape index (κ2) is 22.5. The van der Waals surface area contributed by atoms with Crippen LogP contribution in [0, 0.1) is 0 Å². The van der Waals surface area contributed by atoms with E-state index in [0.29, 0.717) is 0 Å². The molecule has 0 aliphatic heterocycles. The maximum absolute atomic E-state index is 5.41. The van der Waals surface area contributed by atoms with Crippen molar-refractivity contribution in [1.29, 1.82) is 0 Å². The Hall–Kier alpha value is 0.266. The van der Waals surface area contributed by atoms with E-state index in [0.717, 1.165) is 6.42 Å². The van der Waals surface area contributed by atoms with E-state index in [1.165, 1.54) is 0 Å². The molecule has 0 aromatic rings. The number of hydrogen-bond acceptors (Lipinski definition) is 6. The van der Waals surface area contributed by atoms with Gasteiger partial charge in [0.05, 0.1) is 0 Å². The second-order valence-corrected chi connectivity index (χ2v) is 2.19. The van der Waals surface area contributed by atoms with E-state index in [-0.39, 0.29) is 53.5 Å². The summed E-state index contributed by atoms with van der Waals surface area (Å²) in [6.45, 7) is 3.92. The molecule has 7 heteroatoms. The number of nitrogens with two attached hydrogens (primary N) is 2. The molecule has 0 saturated carbocycles. The summed E-state index contributed by atoms with van der Waals surface area (Å²) in [4.78, 5) is 0. The normalized spacial score (nSPS) is 11.0. The third-order valence-corrected chi connectivity index (χ3v) is 0.744. The molecule has 6 nitrogen and oxygen atoms in total. The van der Waals surface area contributed by atoms with E-state index < -0.39 is 0 Å². The Morgan fingerprint density at radius 3 is 1.00 bits per heavy atom. The fourth-order valence-electron chi connectivity index (χ4n) is 0.586. The number of hydrogen-bond donors (Lipinski definition) is 6. The van der Waals surface area contributed by atoms with Crippen molar-refractivity contribution in [3.8, 4) is 0 Å². The van der Waals surface area contributed by atoms with Crippen molar-refractivity contribution in [2.75, 3.05) is 0 Å². The van der Waals surface area contributed by atoms with Gasteiger partial charge in [-0.15, -0.1) is 0 Å². The summed E-state index contributed by atoms with van der Waals surface area (Å²) in [6.07, 6.45) is 0.917. The monoisotopic (exact) mass is 229 g/mol. The van der Waals surface area contributed by atoms with Crippen LogP contribution in [0.15, 0.2) is 0 Å². The predicted octanol–water partition coefficient (Wildman–Crippen LogP) is 0.716. The Bertz CT molecular complexity index is 45.2. The van der Waals surface area contributed by atoms with E-state index in [9.17, 15) is 0 Å². The van der Waals surface area contributed by atoms with Gasteiger partial charge in [-0.2, -0.15) is 0 Å². The van der Waals surface area contributed by atoms with Gasteiger partial charge in [-0.3, -0.25) is 0 Å². The molecular weight excluding hydrogens is 203 g/mol. The van der Waals surface area contributed by atoms with Gasteiger partial charge in [-0.05, 0) is 20.3 Å². The SMILES string of the molecule is CC(N)CC(C)N.N.N.N.N.[Co+3]. The van der Waals surface area contributed by atoms with Gasteiger partial charge in [0.15, 0.2) is 0 Å². The first-order chi connectivity index (χ1) is 3.13. The zero-order valence-corrected chi connectivity index (χ0v) is 9.22. The summed E-state index contributed by atoms with van der Waals surface area (Å²) in [7, 11) is 0. The average molecular weight is 229 g/mol. The van der Waals surface area contributed by atoms with Crippen LogP contribution >= 0.6 is 0 Å². The van der Waals surface area contributed by atoms with Gasteiger partial charge in [-0.25, -0.2) is 0 Å². The summed E-state index contributed by atoms with van der Waals surface area (Å²) < 4.78 is 0. The first-order valence-electron chi connectivity index (χ1n) is 2.64. The van der Waals surface area contributed by atoms with Crippen molar-refractivity contribution in [2.24, 2.45) is 11.5 Å². The van der Waals surface area contributed by atoms with Crippen LogP contribution in [-0.2, 0) is 16.8 Å². The maximum atomic E-state index is 5.41. The van der Waals surface area contributed by atoms with E-state index in [4.69, 9.17) is 11.5 Å². The smallest absolute Gasteiger partial charge is 0.344 e. The minimum absolute atomic E-state index is 0. The summed E-state index contributed by atoms with van der Waals surface area (Å²) in [5.74, 6) is 0. The zero-order valence-electron chi connectivity index (χ0n) is 8.18. The van der Waals surface area contributed by atoms with Gasteiger partial charge < -0.3 is 36.1 Å². The largest absolute Gasteiger partial charge is 3.00 e. The zero-order chi connectivity index (χ0) is 5.86. The second-order valence-electron chi connectivity index (χ2n) is 2.19. The average Bonchev–Trinajstić information content (AvgIpc) is 1.27. The van der Waals surface area contributed by atoms with Gasteiger partial charge >= 0.3 is 16.8 Å². The standard InChI is InChI=1S/C5H14N2.Co.4H3N/c1-4(6)3-5(2)7;;;;;/h4-5H,3,6-7H2,1-2H3;;4*1H3/q;+3;;;;. The Morgan fingerprint density at radius 1 is 0.833 bits per heavy atom. The summed E-state index contributed by atoms with van der Waals surface area (Å²) >= 11 is 0. The fraction of sp³-hybridized carbons (Fsp3) is 1.00. The Labute approximate surface area is 85.7 Å². The Kier molecular flexibility index (Phi) is 74.3. The van der Waals surface area contributed by atoms with Crippen LogP contribution < -0.4 is 36.1 Å². The minimum Gasteiger partial charge on any atom is -0.344 e. The molecule has 0 aromatic heterocycles. The van der Waals surface area contributed by atoms with Crippen LogP contribution in [0.1, 0.15) is 20.3 Å². The molecule has 0 fully saturated rings. The van der Waals surface area contributed by atoms with Gasteiger partial charge in [0.25, 0.3) is 0 Å². The van der Waals surface area contributed by atoms with Crippen molar-refractivity contribution in [3.05, 3.63) is 0 Å². The van der Waals surface area contributed by atoms with Crippen molar-refractivity contribution < 1.29 is 16.8 Å². The quantitative estimate of drug-likeness (QED) is 0.403. The van der Waals surface area contributed by atoms with Crippen LogP contribution in [0.4, 0.5) is 0 Å². The molecule has 0 saturated heterocycles. The van der Waals surface area contributed by atoms with Crippen LogP contribution in [0.2, 0.25) is 0 Å². The minimum atomic E-state index is 0. The van der Waals surface area contributed by atoms with Crippen molar-refractivity contribution in [2.45, 2.75) is 32.4 Å².